The van der Waals surface area contributed by atoms with Crippen LogP contribution in [0.15, 0.2) is 18.3 Å². The van der Waals surface area contributed by atoms with Gasteiger partial charge in [-0.05, 0) is 18.9 Å². The Bertz CT molecular complexity index is 724. The summed E-state index contributed by atoms with van der Waals surface area (Å²) in [7, 11) is -1.39. The van der Waals surface area contributed by atoms with E-state index in [4.69, 9.17) is 4.74 Å². The number of methoxy groups -OCH3 is 1. The van der Waals surface area contributed by atoms with Gasteiger partial charge in [-0.1, -0.05) is 6.42 Å². The van der Waals surface area contributed by atoms with Gasteiger partial charge in [0.2, 0.25) is 0 Å². The fraction of sp³-hybridized carbons (Fsp3) is 0.538. The average molecular weight is 295 g/mol. The summed E-state index contributed by atoms with van der Waals surface area (Å²) in [5, 5.41) is 7.87. The molecular weight excluding hydrogens is 278 g/mol. The molecule has 3 rings (SSSR count). The van der Waals surface area contributed by atoms with Crippen LogP contribution in [0.25, 0.3) is 5.65 Å². The molecule has 0 aliphatic carbocycles. The quantitative estimate of drug-likeness (QED) is 0.852. The van der Waals surface area contributed by atoms with Gasteiger partial charge in [0.1, 0.15) is 11.6 Å². The van der Waals surface area contributed by atoms with Crippen molar-refractivity contribution in [2.45, 2.75) is 30.9 Å². The van der Waals surface area contributed by atoms with Crippen LogP contribution in [-0.4, -0.2) is 41.1 Å². The molecule has 2 aromatic rings. The maximum Gasteiger partial charge on any atom is 0.164 e. The Morgan fingerprint density at radius 2 is 2.25 bits per heavy atom. The summed E-state index contributed by atoms with van der Waals surface area (Å²) >= 11 is 0. The lowest BCUT2D eigenvalue weighted by molar-refractivity contribution is 0.414. The van der Waals surface area contributed by atoms with Gasteiger partial charge in [-0.25, -0.2) is 8.42 Å². The van der Waals surface area contributed by atoms with Gasteiger partial charge in [0, 0.05) is 18.7 Å². The smallest absolute Gasteiger partial charge is 0.164 e. The number of aromatic nitrogens is 3. The van der Waals surface area contributed by atoms with Crippen LogP contribution in [0.4, 0.5) is 0 Å². The summed E-state index contributed by atoms with van der Waals surface area (Å²) < 4.78 is 31.1. The Morgan fingerprint density at radius 1 is 1.40 bits per heavy atom. The Morgan fingerprint density at radius 3 is 3.00 bits per heavy atom. The highest BCUT2D eigenvalue weighted by atomic mass is 32.2. The monoisotopic (exact) mass is 295 g/mol. The van der Waals surface area contributed by atoms with E-state index in [2.05, 4.69) is 10.2 Å². The van der Waals surface area contributed by atoms with E-state index in [0.717, 1.165) is 12.8 Å². The number of hydrogen-bond acceptors (Lipinski definition) is 5. The first kappa shape index (κ1) is 13.4. The molecule has 3 heterocycles. The van der Waals surface area contributed by atoms with Crippen LogP contribution in [0.3, 0.4) is 0 Å². The minimum Gasteiger partial charge on any atom is -0.497 e. The van der Waals surface area contributed by atoms with Crippen molar-refractivity contribution in [3.05, 3.63) is 24.2 Å². The van der Waals surface area contributed by atoms with Crippen LogP contribution in [0.5, 0.6) is 5.75 Å². The van der Waals surface area contributed by atoms with Crippen molar-refractivity contribution in [2.75, 3.05) is 12.9 Å². The summed E-state index contributed by atoms with van der Waals surface area (Å²) in [5.41, 5.74) is 0.674. The predicted octanol–water partition coefficient (Wildman–Crippen LogP) is 1.25. The van der Waals surface area contributed by atoms with Crippen molar-refractivity contribution >= 4 is 15.5 Å². The molecule has 0 radical (unpaired) electrons. The van der Waals surface area contributed by atoms with Crippen LogP contribution in [-0.2, 0) is 16.3 Å². The van der Waals surface area contributed by atoms with Gasteiger partial charge in [-0.3, -0.25) is 4.40 Å². The zero-order valence-corrected chi connectivity index (χ0v) is 12.1. The maximum atomic E-state index is 12.1. The van der Waals surface area contributed by atoms with E-state index in [1.165, 1.54) is 0 Å². The molecule has 1 fully saturated rings. The SMILES string of the molecule is COc1ccn2c(CC3CCCCS3(=O)=O)nnc2c1. The molecule has 1 unspecified atom stereocenters. The third-order valence-electron chi connectivity index (χ3n) is 3.81. The molecule has 108 valence electrons. The van der Waals surface area contributed by atoms with Gasteiger partial charge in [0.15, 0.2) is 15.5 Å². The number of ether oxygens (including phenoxy) is 1. The third kappa shape index (κ3) is 2.37. The summed E-state index contributed by atoms with van der Waals surface area (Å²) in [4.78, 5) is 0. The third-order valence-corrected chi connectivity index (χ3v) is 6.09. The summed E-state index contributed by atoms with van der Waals surface area (Å²) in [6.07, 6.45) is 4.70. The lowest BCUT2D eigenvalue weighted by Crippen LogP contribution is -2.30. The summed E-state index contributed by atoms with van der Waals surface area (Å²) in [5.74, 6) is 1.70. The number of sulfone groups is 1. The molecule has 7 heteroatoms. The Balaban J connectivity index is 1.91. The van der Waals surface area contributed by atoms with Gasteiger partial charge in [0.25, 0.3) is 0 Å². The Hall–Kier alpha value is -1.63. The first-order valence-corrected chi connectivity index (χ1v) is 8.41. The second kappa shape index (κ2) is 5.05. The number of fused-ring (bicyclic) bond motifs is 1. The molecule has 1 aliphatic rings. The molecule has 1 atom stereocenters. The zero-order valence-electron chi connectivity index (χ0n) is 11.3. The molecule has 1 aliphatic heterocycles. The molecular formula is C13H17N3O3S. The zero-order chi connectivity index (χ0) is 14.2. The molecule has 0 spiro atoms. The fourth-order valence-corrected chi connectivity index (χ4v) is 4.51. The second-order valence-electron chi connectivity index (χ2n) is 5.10. The largest absolute Gasteiger partial charge is 0.497 e. The van der Waals surface area contributed by atoms with Crippen molar-refractivity contribution in [2.24, 2.45) is 0 Å². The lowest BCUT2D eigenvalue weighted by Gasteiger charge is -2.21. The maximum absolute atomic E-state index is 12.1. The number of rotatable bonds is 3. The predicted molar refractivity (Wildman–Crippen MR) is 74.7 cm³/mol. The number of nitrogens with zero attached hydrogens (tertiary/aromatic N) is 3. The van der Waals surface area contributed by atoms with Crippen LogP contribution in [0.1, 0.15) is 25.1 Å². The molecule has 0 amide bonds. The van der Waals surface area contributed by atoms with Gasteiger partial charge in [-0.15, -0.1) is 10.2 Å². The normalized spacial score (nSPS) is 21.9. The minimum absolute atomic E-state index is 0.294. The highest BCUT2D eigenvalue weighted by Crippen LogP contribution is 2.23. The van der Waals surface area contributed by atoms with Crippen LogP contribution < -0.4 is 4.74 Å². The van der Waals surface area contributed by atoms with E-state index in [9.17, 15) is 8.42 Å². The van der Waals surface area contributed by atoms with E-state index in [1.807, 2.05) is 16.7 Å². The standard InChI is InChI=1S/C13H17N3O3S/c1-19-10-5-6-16-12(8-10)14-15-13(16)9-11-4-2-3-7-20(11,17)18/h5-6,8,11H,2-4,7,9H2,1H3. The topological polar surface area (TPSA) is 73.6 Å². The molecule has 0 N–H and O–H groups in total. The fourth-order valence-electron chi connectivity index (χ4n) is 2.64. The van der Waals surface area contributed by atoms with E-state index in [1.54, 1.807) is 13.2 Å². The molecule has 0 saturated carbocycles. The van der Waals surface area contributed by atoms with Crippen molar-refractivity contribution in [3.63, 3.8) is 0 Å². The highest BCUT2D eigenvalue weighted by Gasteiger charge is 2.30. The molecule has 2 aromatic heterocycles. The Kier molecular flexibility index (Phi) is 3.37. The summed E-state index contributed by atoms with van der Waals surface area (Å²) in [6.45, 7) is 0. The van der Waals surface area contributed by atoms with E-state index in [-0.39, 0.29) is 5.25 Å². The number of hydrogen-bond donors (Lipinski definition) is 0. The van der Waals surface area contributed by atoms with Gasteiger partial charge >= 0.3 is 0 Å². The van der Waals surface area contributed by atoms with Gasteiger partial charge in [-0.2, -0.15) is 0 Å². The molecule has 1 saturated heterocycles. The lowest BCUT2D eigenvalue weighted by atomic mass is 10.1. The van der Waals surface area contributed by atoms with Crippen molar-refractivity contribution in [1.29, 1.82) is 0 Å². The minimum atomic E-state index is -2.99. The van der Waals surface area contributed by atoms with E-state index >= 15 is 0 Å². The van der Waals surface area contributed by atoms with Gasteiger partial charge < -0.3 is 4.74 Å². The summed E-state index contributed by atoms with van der Waals surface area (Å²) in [6, 6.07) is 3.60. The number of pyridine rings is 1. The molecule has 6 nitrogen and oxygen atoms in total. The molecule has 20 heavy (non-hydrogen) atoms. The highest BCUT2D eigenvalue weighted by molar-refractivity contribution is 7.92. The van der Waals surface area contributed by atoms with Gasteiger partial charge in [0.05, 0.1) is 18.1 Å². The second-order valence-corrected chi connectivity index (χ2v) is 7.50. The average Bonchev–Trinajstić information content (AvgIpc) is 2.83. The van der Waals surface area contributed by atoms with Crippen molar-refractivity contribution in [1.82, 2.24) is 14.6 Å². The van der Waals surface area contributed by atoms with Crippen LogP contribution >= 0.6 is 0 Å². The first-order valence-electron chi connectivity index (χ1n) is 6.69. The van der Waals surface area contributed by atoms with Crippen LogP contribution in [0.2, 0.25) is 0 Å². The van der Waals surface area contributed by atoms with E-state index < -0.39 is 9.84 Å². The van der Waals surface area contributed by atoms with Crippen LogP contribution in [0, 0.1) is 0 Å². The van der Waals surface area contributed by atoms with Crippen molar-refractivity contribution < 1.29 is 13.2 Å². The molecule has 0 bridgehead atoms. The van der Waals surface area contributed by atoms with Crippen molar-refractivity contribution in [3.8, 4) is 5.75 Å². The van der Waals surface area contributed by atoms with E-state index in [0.29, 0.717) is 35.8 Å². The first-order chi connectivity index (χ1) is 9.60. The molecule has 0 aromatic carbocycles. The Labute approximate surface area is 117 Å².